The molecule has 0 bridgehead atoms. The predicted molar refractivity (Wildman–Crippen MR) is 74.5 cm³/mol. The molecule has 94 valence electrons. The molecule has 6 heteroatoms. The highest BCUT2D eigenvalue weighted by atomic mass is 79.9. The van der Waals surface area contributed by atoms with Gasteiger partial charge < -0.3 is 10.6 Å². The van der Waals surface area contributed by atoms with Gasteiger partial charge in [-0.25, -0.2) is 0 Å². The van der Waals surface area contributed by atoms with E-state index < -0.39 is 0 Å². The number of amides is 1. The first-order valence-corrected chi connectivity index (χ1v) is 7.60. The van der Waals surface area contributed by atoms with Crippen molar-refractivity contribution in [2.75, 3.05) is 6.54 Å². The maximum atomic E-state index is 11.7. The first kappa shape index (κ1) is 13.3. The third kappa shape index (κ3) is 3.68. The second-order valence-corrected chi connectivity index (χ2v) is 6.65. The van der Waals surface area contributed by atoms with E-state index in [1.54, 1.807) is 0 Å². The molecule has 2 rings (SSSR count). The number of rotatable bonds is 3. The summed E-state index contributed by atoms with van der Waals surface area (Å²) in [6.45, 7) is 1.49. The van der Waals surface area contributed by atoms with Crippen molar-refractivity contribution in [3.8, 4) is 0 Å². The monoisotopic (exact) mass is 336 g/mol. The molecule has 1 aromatic heterocycles. The van der Waals surface area contributed by atoms with Crippen LogP contribution in [0.5, 0.6) is 0 Å². The molecule has 1 saturated heterocycles. The number of nitrogens with one attached hydrogen (secondary N) is 2. The van der Waals surface area contributed by atoms with Crippen LogP contribution in [0, 0.1) is 0 Å². The molecule has 1 amide bonds. The average molecular weight is 338 g/mol. The van der Waals surface area contributed by atoms with E-state index >= 15 is 0 Å². The van der Waals surface area contributed by atoms with Gasteiger partial charge in [-0.1, -0.05) is 11.6 Å². The fraction of sp³-hybridized carbons (Fsp3) is 0.545. The van der Waals surface area contributed by atoms with Crippen molar-refractivity contribution in [1.82, 2.24) is 10.6 Å². The van der Waals surface area contributed by atoms with Crippen LogP contribution in [-0.4, -0.2) is 18.5 Å². The number of carbonyl (C=O) groups excluding carboxylic acids is 1. The summed E-state index contributed by atoms with van der Waals surface area (Å²) in [5, 5.41) is 6.20. The minimum absolute atomic E-state index is 0.0721. The Morgan fingerprint density at radius 3 is 3.12 bits per heavy atom. The molecule has 2 N–H and O–H groups in total. The maximum absolute atomic E-state index is 11.7. The minimum Gasteiger partial charge on any atom is -0.355 e. The molecule has 1 aliphatic rings. The summed E-state index contributed by atoms with van der Waals surface area (Å²) in [4.78, 5) is 12.8. The Balaban J connectivity index is 1.90. The highest BCUT2D eigenvalue weighted by molar-refractivity contribution is 9.10. The Labute approximate surface area is 118 Å². The molecule has 0 spiro atoms. The van der Waals surface area contributed by atoms with E-state index in [-0.39, 0.29) is 11.9 Å². The van der Waals surface area contributed by atoms with Crippen LogP contribution in [0.4, 0.5) is 0 Å². The molecule has 17 heavy (non-hydrogen) atoms. The Morgan fingerprint density at radius 2 is 2.41 bits per heavy atom. The molecule has 1 unspecified atom stereocenters. The lowest BCUT2D eigenvalue weighted by molar-refractivity contribution is -0.122. The normalized spacial score (nSPS) is 21.1. The van der Waals surface area contributed by atoms with Gasteiger partial charge in [0, 0.05) is 22.4 Å². The van der Waals surface area contributed by atoms with Crippen molar-refractivity contribution in [3.05, 3.63) is 19.8 Å². The SMILES string of the molecule is O=C1NCCCCC1NCc1cc(Br)c(Cl)s1. The van der Waals surface area contributed by atoms with E-state index in [1.807, 2.05) is 6.07 Å². The van der Waals surface area contributed by atoms with Crippen LogP contribution in [0.25, 0.3) is 0 Å². The van der Waals surface area contributed by atoms with Gasteiger partial charge in [0.15, 0.2) is 0 Å². The highest BCUT2D eigenvalue weighted by Crippen LogP contribution is 2.31. The van der Waals surface area contributed by atoms with E-state index in [0.717, 1.165) is 39.5 Å². The van der Waals surface area contributed by atoms with Crippen molar-refractivity contribution in [1.29, 1.82) is 0 Å². The van der Waals surface area contributed by atoms with Gasteiger partial charge in [0.1, 0.15) is 4.34 Å². The molecular formula is C11H14BrClN2OS. The summed E-state index contributed by atoms with van der Waals surface area (Å²) >= 11 is 10.9. The number of halogens is 2. The summed E-state index contributed by atoms with van der Waals surface area (Å²) in [6, 6.07) is 1.92. The quantitative estimate of drug-likeness (QED) is 0.890. The van der Waals surface area contributed by atoms with E-state index in [2.05, 4.69) is 26.6 Å². The van der Waals surface area contributed by atoms with Crippen molar-refractivity contribution in [2.45, 2.75) is 31.8 Å². The Bertz CT molecular complexity index is 391. The fourth-order valence-corrected chi connectivity index (χ4v) is 3.58. The van der Waals surface area contributed by atoms with Crippen molar-refractivity contribution in [3.63, 3.8) is 0 Å². The van der Waals surface area contributed by atoms with Gasteiger partial charge in [-0.3, -0.25) is 4.79 Å². The van der Waals surface area contributed by atoms with Gasteiger partial charge in [-0.2, -0.15) is 0 Å². The molecule has 3 nitrogen and oxygen atoms in total. The molecule has 0 saturated carbocycles. The van der Waals surface area contributed by atoms with Crippen LogP contribution >= 0.6 is 38.9 Å². The zero-order valence-electron chi connectivity index (χ0n) is 9.26. The maximum Gasteiger partial charge on any atom is 0.237 e. The van der Waals surface area contributed by atoms with Crippen LogP contribution in [-0.2, 0) is 11.3 Å². The first-order valence-electron chi connectivity index (χ1n) is 5.61. The van der Waals surface area contributed by atoms with Gasteiger partial charge in [-0.05, 0) is 41.3 Å². The summed E-state index contributed by atoms with van der Waals surface area (Å²) < 4.78 is 1.68. The molecule has 1 aromatic rings. The molecule has 1 fully saturated rings. The lowest BCUT2D eigenvalue weighted by atomic mass is 10.1. The summed E-state index contributed by atoms with van der Waals surface area (Å²) in [5.41, 5.74) is 0. The lowest BCUT2D eigenvalue weighted by Gasteiger charge is -2.14. The Morgan fingerprint density at radius 1 is 1.59 bits per heavy atom. The average Bonchev–Trinajstić information content (AvgIpc) is 2.50. The molecule has 0 radical (unpaired) electrons. The lowest BCUT2D eigenvalue weighted by Crippen LogP contribution is -2.42. The second-order valence-electron chi connectivity index (χ2n) is 4.05. The van der Waals surface area contributed by atoms with Gasteiger partial charge in [0.05, 0.1) is 6.04 Å². The van der Waals surface area contributed by atoms with E-state index in [0.29, 0.717) is 6.54 Å². The Hall–Kier alpha value is -0.100. The number of carbonyl (C=O) groups is 1. The van der Waals surface area contributed by atoms with E-state index in [9.17, 15) is 4.79 Å². The van der Waals surface area contributed by atoms with Crippen LogP contribution in [0.1, 0.15) is 24.1 Å². The molecule has 2 heterocycles. The Kier molecular flexibility index (Phi) is 4.85. The zero-order valence-corrected chi connectivity index (χ0v) is 12.4. The van der Waals surface area contributed by atoms with Gasteiger partial charge in [0.2, 0.25) is 5.91 Å². The third-order valence-corrected chi connectivity index (χ3v) is 5.23. The van der Waals surface area contributed by atoms with Crippen LogP contribution in [0.2, 0.25) is 4.34 Å². The summed E-state index contributed by atoms with van der Waals surface area (Å²) in [6.07, 6.45) is 3.07. The van der Waals surface area contributed by atoms with Crippen molar-refractivity contribution < 1.29 is 4.79 Å². The predicted octanol–water partition coefficient (Wildman–Crippen LogP) is 2.92. The van der Waals surface area contributed by atoms with Gasteiger partial charge in [-0.15, -0.1) is 11.3 Å². The van der Waals surface area contributed by atoms with E-state index in [4.69, 9.17) is 11.6 Å². The van der Waals surface area contributed by atoms with Gasteiger partial charge >= 0.3 is 0 Å². The molecular weight excluding hydrogens is 324 g/mol. The zero-order chi connectivity index (χ0) is 12.3. The molecule has 0 aliphatic carbocycles. The largest absolute Gasteiger partial charge is 0.355 e. The molecule has 1 aliphatic heterocycles. The number of hydrogen-bond acceptors (Lipinski definition) is 3. The second kappa shape index (κ2) is 6.18. The van der Waals surface area contributed by atoms with Crippen molar-refractivity contribution in [2.24, 2.45) is 0 Å². The van der Waals surface area contributed by atoms with Crippen LogP contribution in [0.15, 0.2) is 10.5 Å². The van der Waals surface area contributed by atoms with Gasteiger partial charge in [0.25, 0.3) is 0 Å². The molecule has 1 atom stereocenters. The molecule has 0 aromatic carbocycles. The first-order chi connectivity index (χ1) is 8.16. The van der Waals surface area contributed by atoms with E-state index in [1.165, 1.54) is 11.3 Å². The fourth-order valence-electron chi connectivity index (χ4n) is 1.84. The number of thiophene rings is 1. The highest BCUT2D eigenvalue weighted by Gasteiger charge is 2.20. The standard InChI is InChI=1S/C11H14BrClN2OS/c12-8-5-7(17-10(8)13)6-15-9-3-1-2-4-14-11(9)16/h5,9,15H,1-4,6H2,(H,14,16). The smallest absolute Gasteiger partial charge is 0.237 e. The van der Waals surface area contributed by atoms with Crippen molar-refractivity contribution >= 4 is 44.8 Å². The topological polar surface area (TPSA) is 41.1 Å². The van der Waals surface area contributed by atoms with Crippen LogP contribution in [0.3, 0.4) is 0 Å². The van der Waals surface area contributed by atoms with Crippen LogP contribution < -0.4 is 10.6 Å². The number of hydrogen-bond donors (Lipinski definition) is 2. The summed E-state index contributed by atoms with van der Waals surface area (Å²) in [5.74, 6) is 0.115. The third-order valence-electron chi connectivity index (χ3n) is 2.75. The minimum atomic E-state index is -0.0721. The summed E-state index contributed by atoms with van der Waals surface area (Å²) in [7, 11) is 0.